The van der Waals surface area contributed by atoms with Gasteiger partial charge in [-0.05, 0) is 50.2 Å². The molecule has 0 aliphatic heterocycles. The molecule has 21 heavy (non-hydrogen) atoms. The number of nitrogens with zero attached hydrogens (tertiary/aromatic N) is 1. The minimum atomic E-state index is -0.358. The van der Waals surface area contributed by atoms with Crippen LogP contribution in [0.25, 0.3) is 0 Å². The Morgan fingerprint density at radius 3 is 2.76 bits per heavy atom. The summed E-state index contributed by atoms with van der Waals surface area (Å²) in [5.41, 5.74) is 0.613. The van der Waals surface area contributed by atoms with Gasteiger partial charge in [0.1, 0.15) is 5.69 Å². The van der Waals surface area contributed by atoms with Gasteiger partial charge in [0.15, 0.2) is 5.75 Å². The third kappa shape index (κ3) is 3.65. The molecule has 0 amide bonds. The molecule has 5 nitrogen and oxygen atoms in total. The van der Waals surface area contributed by atoms with Crippen molar-refractivity contribution < 1.29 is 9.66 Å². The highest BCUT2D eigenvalue weighted by molar-refractivity contribution is 5.68. The summed E-state index contributed by atoms with van der Waals surface area (Å²) in [6.45, 7) is 6.73. The first-order chi connectivity index (χ1) is 10.0. The zero-order valence-electron chi connectivity index (χ0n) is 13.0. The molecule has 2 rings (SSSR count). The molecule has 5 heteroatoms. The molecule has 1 N–H and O–H groups in total. The number of nitro benzene ring substituents is 1. The van der Waals surface area contributed by atoms with Crippen molar-refractivity contribution in [3.05, 3.63) is 28.3 Å². The number of nitrogens with one attached hydrogen (secondary N) is 1. The Balaban J connectivity index is 2.23. The van der Waals surface area contributed by atoms with E-state index in [4.69, 9.17) is 4.74 Å². The zero-order valence-corrected chi connectivity index (χ0v) is 13.0. The normalized spacial score (nSPS) is 25.4. The number of hydrogen-bond acceptors (Lipinski definition) is 4. The molecule has 3 atom stereocenters. The molecule has 1 saturated carbocycles. The molecule has 1 aliphatic rings. The smallest absolute Gasteiger partial charge is 0.333 e. The van der Waals surface area contributed by atoms with E-state index in [9.17, 15) is 10.1 Å². The third-order valence-electron chi connectivity index (χ3n) is 4.25. The average molecular weight is 292 g/mol. The van der Waals surface area contributed by atoms with Crippen LogP contribution in [0.2, 0.25) is 0 Å². The van der Waals surface area contributed by atoms with Gasteiger partial charge in [-0.3, -0.25) is 10.1 Å². The summed E-state index contributed by atoms with van der Waals surface area (Å²) in [5, 5.41) is 14.8. The summed E-state index contributed by atoms with van der Waals surface area (Å²) < 4.78 is 5.39. The van der Waals surface area contributed by atoms with E-state index >= 15 is 0 Å². The molecule has 0 bridgehead atoms. The Hall–Kier alpha value is -1.78. The van der Waals surface area contributed by atoms with Crippen LogP contribution in [-0.2, 0) is 0 Å². The van der Waals surface area contributed by atoms with Gasteiger partial charge in [0.2, 0.25) is 0 Å². The monoisotopic (exact) mass is 292 g/mol. The number of benzene rings is 1. The number of hydrogen-bond donors (Lipinski definition) is 1. The maximum Gasteiger partial charge on any atom is 0.333 e. The average Bonchev–Trinajstić information content (AvgIpc) is 2.42. The molecule has 0 saturated heterocycles. The molecule has 3 unspecified atom stereocenters. The van der Waals surface area contributed by atoms with Crippen molar-refractivity contribution >= 4 is 11.4 Å². The molecule has 0 aromatic heterocycles. The van der Waals surface area contributed by atoms with Gasteiger partial charge in [-0.25, -0.2) is 0 Å². The SMILES string of the molecule is CCOc1cccc(NC2CCC(C)CC2C)c1[N+](=O)[O-]. The first kappa shape index (κ1) is 15.6. The second kappa shape index (κ2) is 6.78. The fourth-order valence-electron chi connectivity index (χ4n) is 3.18. The minimum absolute atomic E-state index is 0.0465. The van der Waals surface area contributed by atoms with E-state index < -0.39 is 0 Å². The van der Waals surface area contributed by atoms with E-state index in [0.717, 1.165) is 18.8 Å². The lowest BCUT2D eigenvalue weighted by Crippen LogP contribution is -2.33. The quantitative estimate of drug-likeness (QED) is 0.651. The van der Waals surface area contributed by atoms with Crippen molar-refractivity contribution in [3.8, 4) is 5.75 Å². The zero-order chi connectivity index (χ0) is 15.4. The Morgan fingerprint density at radius 2 is 2.14 bits per heavy atom. The molecule has 1 aliphatic carbocycles. The number of para-hydroxylation sites is 1. The first-order valence-electron chi connectivity index (χ1n) is 7.69. The highest BCUT2D eigenvalue weighted by Gasteiger charge is 2.28. The Morgan fingerprint density at radius 1 is 1.38 bits per heavy atom. The van der Waals surface area contributed by atoms with Crippen molar-refractivity contribution in [2.24, 2.45) is 11.8 Å². The minimum Gasteiger partial charge on any atom is -0.487 e. The summed E-state index contributed by atoms with van der Waals surface area (Å²) >= 11 is 0. The fraction of sp³-hybridized carbons (Fsp3) is 0.625. The lowest BCUT2D eigenvalue weighted by molar-refractivity contribution is -0.385. The summed E-state index contributed by atoms with van der Waals surface area (Å²) in [5.74, 6) is 1.59. The van der Waals surface area contributed by atoms with Crippen molar-refractivity contribution in [1.29, 1.82) is 0 Å². The van der Waals surface area contributed by atoms with Gasteiger partial charge in [0.25, 0.3) is 0 Å². The topological polar surface area (TPSA) is 64.4 Å². The van der Waals surface area contributed by atoms with Crippen molar-refractivity contribution in [3.63, 3.8) is 0 Å². The summed E-state index contributed by atoms with van der Waals surface area (Å²) in [7, 11) is 0. The van der Waals surface area contributed by atoms with Crippen LogP contribution in [0.5, 0.6) is 5.75 Å². The maximum atomic E-state index is 11.4. The second-order valence-corrected chi connectivity index (χ2v) is 5.99. The summed E-state index contributed by atoms with van der Waals surface area (Å²) in [6, 6.07) is 5.51. The number of anilines is 1. The van der Waals surface area contributed by atoms with Gasteiger partial charge in [0.05, 0.1) is 11.5 Å². The maximum absolute atomic E-state index is 11.4. The molecule has 1 fully saturated rings. The molecule has 0 spiro atoms. The Bertz CT molecular complexity index is 504. The molecule has 0 radical (unpaired) electrons. The van der Waals surface area contributed by atoms with Crippen molar-refractivity contribution in [2.75, 3.05) is 11.9 Å². The van der Waals surface area contributed by atoms with E-state index in [1.807, 2.05) is 6.92 Å². The van der Waals surface area contributed by atoms with Crippen LogP contribution in [0.1, 0.15) is 40.0 Å². The van der Waals surface area contributed by atoms with Crippen LogP contribution in [0.3, 0.4) is 0 Å². The first-order valence-corrected chi connectivity index (χ1v) is 7.69. The number of ether oxygens (including phenoxy) is 1. The van der Waals surface area contributed by atoms with Crippen LogP contribution in [0.15, 0.2) is 18.2 Å². The molecular weight excluding hydrogens is 268 g/mol. The molecule has 0 heterocycles. The van der Waals surface area contributed by atoms with Gasteiger partial charge >= 0.3 is 5.69 Å². The predicted molar refractivity (Wildman–Crippen MR) is 83.9 cm³/mol. The largest absolute Gasteiger partial charge is 0.487 e. The standard InChI is InChI=1S/C16H24N2O3/c1-4-21-15-7-5-6-14(16(15)18(19)20)17-13-9-8-11(2)10-12(13)3/h5-7,11-13,17H,4,8-10H2,1-3H3. The lowest BCUT2D eigenvalue weighted by Gasteiger charge is -2.33. The second-order valence-electron chi connectivity index (χ2n) is 5.99. The van der Waals surface area contributed by atoms with Crippen LogP contribution in [0.4, 0.5) is 11.4 Å². The van der Waals surface area contributed by atoms with Crippen molar-refractivity contribution in [2.45, 2.75) is 46.1 Å². The fourth-order valence-corrected chi connectivity index (χ4v) is 3.18. The van der Waals surface area contributed by atoms with Crippen LogP contribution < -0.4 is 10.1 Å². The van der Waals surface area contributed by atoms with Gasteiger partial charge in [-0.15, -0.1) is 0 Å². The van der Waals surface area contributed by atoms with Crippen molar-refractivity contribution in [1.82, 2.24) is 0 Å². The van der Waals surface area contributed by atoms with Gasteiger partial charge in [0, 0.05) is 6.04 Å². The predicted octanol–water partition coefficient (Wildman–Crippen LogP) is 4.23. The number of nitro groups is 1. The highest BCUT2D eigenvalue weighted by atomic mass is 16.6. The molecule has 116 valence electrons. The Labute approximate surface area is 125 Å². The van der Waals surface area contributed by atoms with E-state index in [1.54, 1.807) is 18.2 Å². The van der Waals surface area contributed by atoms with Crippen LogP contribution >= 0.6 is 0 Å². The molecule has 1 aromatic carbocycles. The van der Waals surface area contributed by atoms with E-state index in [-0.39, 0.29) is 16.7 Å². The van der Waals surface area contributed by atoms with Crippen LogP contribution in [0, 0.1) is 22.0 Å². The Kier molecular flexibility index (Phi) is 5.04. The lowest BCUT2D eigenvalue weighted by atomic mass is 9.80. The molecular formula is C16H24N2O3. The summed E-state index contributed by atoms with van der Waals surface area (Å²) in [4.78, 5) is 11.0. The number of rotatable bonds is 5. The van der Waals surface area contributed by atoms with E-state index in [0.29, 0.717) is 24.0 Å². The third-order valence-corrected chi connectivity index (χ3v) is 4.25. The van der Waals surface area contributed by atoms with Gasteiger partial charge in [-0.1, -0.05) is 19.9 Å². The highest BCUT2D eigenvalue weighted by Crippen LogP contribution is 2.38. The van der Waals surface area contributed by atoms with Gasteiger partial charge in [-0.2, -0.15) is 0 Å². The van der Waals surface area contributed by atoms with E-state index in [1.165, 1.54) is 6.42 Å². The van der Waals surface area contributed by atoms with E-state index in [2.05, 4.69) is 19.2 Å². The van der Waals surface area contributed by atoms with Crippen LogP contribution in [-0.4, -0.2) is 17.6 Å². The summed E-state index contributed by atoms with van der Waals surface area (Å²) in [6.07, 6.45) is 3.38. The van der Waals surface area contributed by atoms with Gasteiger partial charge < -0.3 is 10.1 Å². The molecule has 1 aromatic rings.